The summed E-state index contributed by atoms with van der Waals surface area (Å²) in [4.78, 5) is 0.312. The van der Waals surface area contributed by atoms with Crippen LogP contribution in [0.5, 0.6) is 0 Å². The van der Waals surface area contributed by atoms with Crippen LogP contribution in [0.1, 0.15) is 37.8 Å². The molecule has 0 bridgehead atoms. The Morgan fingerprint density at radius 3 is 2.53 bits per heavy atom. The molecule has 0 unspecified atom stereocenters. The van der Waals surface area contributed by atoms with Gasteiger partial charge in [0.2, 0.25) is 10.0 Å². The van der Waals surface area contributed by atoms with Crippen molar-refractivity contribution >= 4 is 10.0 Å². The number of hydrogen-bond donors (Lipinski definition) is 2. The second kappa shape index (κ2) is 7.03. The van der Waals surface area contributed by atoms with E-state index >= 15 is 0 Å². The molecule has 108 valence electrons. The number of nitrogens with one attached hydrogen (secondary N) is 1. The third kappa shape index (κ3) is 4.93. The van der Waals surface area contributed by atoms with Crippen molar-refractivity contribution in [3.8, 4) is 0 Å². The third-order valence-electron chi connectivity index (χ3n) is 3.09. The lowest BCUT2D eigenvalue weighted by molar-refractivity contribution is 0.540. The van der Waals surface area contributed by atoms with Crippen molar-refractivity contribution in [2.45, 2.75) is 45.1 Å². The monoisotopic (exact) mass is 284 g/mol. The highest BCUT2D eigenvalue weighted by Crippen LogP contribution is 2.15. The van der Waals surface area contributed by atoms with Gasteiger partial charge in [-0.15, -0.1) is 0 Å². The maximum atomic E-state index is 12.1. The third-order valence-corrected chi connectivity index (χ3v) is 4.55. The molecule has 3 N–H and O–H groups in total. The average molecular weight is 284 g/mol. The number of sulfonamides is 1. The van der Waals surface area contributed by atoms with Crippen LogP contribution in [0.25, 0.3) is 0 Å². The van der Waals surface area contributed by atoms with E-state index in [-0.39, 0.29) is 0 Å². The maximum Gasteiger partial charge on any atom is 0.240 e. The SMILES string of the molecule is Cc1cc(S(=O)(=O)NCCCC(C)C)ccc1CN. The standard InChI is InChI=1S/C14H24N2O2S/c1-11(2)5-4-8-16-19(17,18)14-7-6-13(10-15)12(3)9-14/h6-7,9,11,16H,4-5,8,10,15H2,1-3H3. The molecule has 4 nitrogen and oxygen atoms in total. The molecule has 1 rings (SSSR count). The first-order chi connectivity index (χ1) is 8.86. The molecule has 0 saturated heterocycles. The van der Waals surface area contributed by atoms with Crippen molar-refractivity contribution in [2.75, 3.05) is 6.54 Å². The van der Waals surface area contributed by atoms with E-state index in [1.807, 2.05) is 6.92 Å². The van der Waals surface area contributed by atoms with Crippen LogP contribution in [0.4, 0.5) is 0 Å². The zero-order valence-electron chi connectivity index (χ0n) is 11.9. The fourth-order valence-electron chi connectivity index (χ4n) is 1.86. The molecule has 5 heteroatoms. The number of hydrogen-bond acceptors (Lipinski definition) is 3. The number of nitrogens with two attached hydrogens (primary N) is 1. The second-order valence-corrected chi connectivity index (χ2v) is 6.99. The van der Waals surface area contributed by atoms with Crippen molar-refractivity contribution < 1.29 is 8.42 Å². The van der Waals surface area contributed by atoms with E-state index in [1.165, 1.54) is 0 Å². The topological polar surface area (TPSA) is 72.2 Å². The molecular formula is C14H24N2O2S. The Bertz CT molecular complexity index is 510. The summed E-state index contributed by atoms with van der Waals surface area (Å²) in [6, 6.07) is 5.06. The van der Waals surface area contributed by atoms with Gasteiger partial charge >= 0.3 is 0 Å². The molecule has 0 radical (unpaired) electrons. The van der Waals surface area contributed by atoms with E-state index in [0.29, 0.717) is 23.9 Å². The Kier molecular flexibility index (Phi) is 5.97. The lowest BCUT2D eigenvalue weighted by Gasteiger charge is -2.10. The summed E-state index contributed by atoms with van der Waals surface area (Å²) in [6.45, 7) is 7.04. The van der Waals surface area contributed by atoms with Crippen molar-refractivity contribution in [3.63, 3.8) is 0 Å². The molecule has 0 amide bonds. The first-order valence-electron chi connectivity index (χ1n) is 6.66. The summed E-state index contributed by atoms with van der Waals surface area (Å²) < 4.78 is 26.8. The predicted molar refractivity (Wildman–Crippen MR) is 78.3 cm³/mol. The van der Waals surface area contributed by atoms with Crippen LogP contribution in [-0.4, -0.2) is 15.0 Å². The van der Waals surface area contributed by atoms with Crippen LogP contribution in [0, 0.1) is 12.8 Å². The Morgan fingerprint density at radius 2 is 2.00 bits per heavy atom. The number of rotatable bonds is 7. The Labute approximate surface area is 116 Å². The van der Waals surface area contributed by atoms with E-state index in [2.05, 4.69) is 18.6 Å². The van der Waals surface area contributed by atoms with E-state index in [9.17, 15) is 8.42 Å². The predicted octanol–water partition coefficient (Wildman–Crippen LogP) is 2.17. The molecule has 19 heavy (non-hydrogen) atoms. The van der Waals surface area contributed by atoms with Gasteiger partial charge in [-0.3, -0.25) is 0 Å². The largest absolute Gasteiger partial charge is 0.326 e. The molecule has 0 heterocycles. The minimum atomic E-state index is -3.40. The quantitative estimate of drug-likeness (QED) is 0.754. The van der Waals surface area contributed by atoms with Crippen LogP contribution in [-0.2, 0) is 16.6 Å². The van der Waals surface area contributed by atoms with Gasteiger partial charge in [0.15, 0.2) is 0 Å². The molecule has 0 spiro atoms. The van der Waals surface area contributed by atoms with Gasteiger partial charge in [0.25, 0.3) is 0 Å². The molecule has 1 aromatic rings. The van der Waals surface area contributed by atoms with Crippen molar-refractivity contribution in [1.29, 1.82) is 0 Å². The minimum absolute atomic E-state index is 0.312. The lowest BCUT2D eigenvalue weighted by atomic mass is 10.1. The Morgan fingerprint density at radius 1 is 1.32 bits per heavy atom. The summed E-state index contributed by atoms with van der Waals surface area (Å²) in [6.07, 6.45) is 1.88. The fraction of sp³-hybridized carbons (Fsp3) is 0.571. The maximum absolute atomic E-state index is 12.1. The second-order valence-electron chi connectivity index (χ2n) is 5.23. The molecule has 1 aromatic carbocycles. The van der Waals surface area contributed by atoms with E-state index in [0.717, 1.165) is 24.0 Å². The van der Waals surface area contributed by atoms with Gasteiger partial charge in [-0.1, -0.05) is 19.9 Å². The molecular weight excluding hydrogens is 260 g/mol. The first kappa shape index (κ1) is 16.1. The summed E-state index contributed by atoms with van der Waals surface area (Å²) >= 11 is 0. The summed E-state index contributed by atoms with van der Waals surface area (Å²) in [5, 5.41) is 0. The Balaban J connectivity index is 2.69. The van der Waals surface area contributed by atoms with Gasteiger partial charge < -0.3 is 5.73 Å². The van der Waals surface area contributed by atoms with E-state index in [1.54, 1.807) is 18.2 Å². The van der Waals surface area contributed by atoms with Gasteiger partial charge in [0.05, 0.1) is 4.90 Å². The summed E-state index contributed by atoms with van der Waals surface area (Å²) in [7, 11) is -3.40. The molecule has 0 atom stereocenters. The van der Waals surface area contributed by atoms with E-state index < -0.39 is 10.0 Å². The number of benzene rings is 1. The summed E-state index contributed by atoms with van der Waals surface area (Å²) in [5.74, 6) is 0.593. The minimum Gasteiger partial charge on any atom is -0.326 e. The first-order valence-corrected chi connectivity index (χ1v) is 8.14. The van der Waals surface area contributed by atoms with Crippen LogP contribution >= 0.6 is 0 Å². The molecule has 0 aromatic heterocycles. The normalized spacial score (nSPS) is 12.1. The van der Waals surface area contributed by atoms with Crippen molar-refractivity contribution in [3.05, 3.63) is 29.3 Å². The zero-order valence-corrected chi connectivity index (χ0v) is 12.8. The Hall–Kier alpha value is -0.910. The van der Waals surface area contributed by atoms with Crippen molar-refractivity contribution in [2.24, 2.45) is 11.7 Å². The van der Waals surface area contributed by atoms with Crippen LogP contribution in [0.3, 0.4) is 0 Å². The van der Waals surface area contributed by atoms with Crippen LogP contribution in [0.2, 0.25) is 0 Å². The fourth-order valence-corrected chi connectivity index (χ4v) is 3.02. The van der Waals surface area contributed by atoms with E-state index in [4.69, 9.17) is 5.73 Å². The molecule has 0 aliphatic heterocycles. The zero-order chi connectivity index (χ0) is 14.5. The summed E-state index contributed by atoms with van der Waals surface area (Å²) in [5.41, 5.74) is 7.45. The molecule has 0 fully saturated rings. The van der Waals surface area contributed by atoms with Crippen LogP contribution in [0.15, 0.2) is 23.1 Å². The van der Waals surface area contributed by atoms with Gasteiger partial charge in [-0.25, -0.2) is 13.1 Å². The molecule has 0 aliphatic carbocycles. The molecule has 0 saturated carbocycles. The van der Waals surface area contributed by atoms with Gasteiger partial charge in [0.1, 0.15) is 0 Å². The van der Waals surface area contributed by atoms with Crippen LogP contribution < -0.4 is 10.5 Å². The highest BCUT2D eigenvalue weighted by Gasteiger charge is 2.14. The van der Waals surface area contributed by atoms with Gasteiger partial charge in [0, 0.05) is 13.1 Å². The van der Waals surface area contributed by atoms with Crippen molar-refractivity contribution in [1.82, 2.24) is 4.72 Å². The lowest BCUT2D eigenvalue weighted by Crippen LogP contribution is -2.25. The highest BCUT2D eigenvalue weighted by atomic mass is 32.2. The van der Waals surface area contributed by atoms with Gasteiger partial charge in [-0.2, -0.15) is 0 Å². The smallest absolute Gasteiger partial charge is 0.240 e. The molecule has 0 aliphatic rings. The average Bonchev–Trinajstić information content (AvgIpc) is 2.34. The number of aryl methyl sites for hydroxylation is 1. The highest BCUT2D eigenvalue weighted by molar-refractivity contribution is 7.89. The van der Waals surface area contributed by atoms with Gasteiger partial charge in [-0.05, 0) is 48.9 Å².